The number of para-hydroxylation sites is 2. The number of nitrogens with zero attached hydrogens (tertiary/aromatic N) is 2. The van der Waals surface area contributed by atoms with Crippen molar-refractivity contribution in [1.29, 1.82) is 0 Å². The number of carbonyl (C=O) groups excluding carboxylic acids is 2. The number of nitrogens with one attached hydrogen (secondary N) is 1. The molecule has 0 atom stereocenters. The molecular weight excluding hydrogens is 322 g/mol. The molecule has 0 radical (unpaired) electrons. The molecule has 0 unspecified atom stereocenters. The van der Waals surface area contributed by atoms with Gasteiger partial charge in [-0.2, -0.15) is 0 Å². The van der Waals surface area contributed by atoms with E-state index in [1.807, 2.05) is 24.3 Å². The van der Waals surface area contributed by atoms with Gasteiger partial charge in [0, 0.05) is 19.6 Å². The van der Waals surface area contributed by atoms with E-state index in [2.05, 4.69) is 10.2 Å². The summed E-state index contributed by atoms with van der Waals surface area (Å²) in [4.78, 5) is 28.4. The SMILES string of the molecule is O=C(CN1C(=O)CCOc2ccccc21)NCCCN1CCOCC1. The van der Waals surface area contributed by atoms with Crippen LogP contribution in [0.3, 0.4) is 0 Å². The number of hydrogen-bond donors (Lipinski definition) is 1. The Kier molecular flexibility index (Phi) is 6.25. The first kappa shape index (κ1) is 17.7. The average Bonchev–Trinajstić information content (AvgIpc) is 2.79. The Balaban J connectivity index is 1.47. The summed E-state index contributed by atoms with van der Waals surface area (Å²) in [6.45, 7) is 5.39. The Bertz CT molecular complexity index is 602. The molecule has 2 aliphatic rings. The highest BCUT2D eigenvalue weighted by Gasteiger charge is 2.24. The predicted molar refractivity (Wildman–Crippen MR) is 93.8 cm³/mol. The van der Waals surface area contributed by atoms with Gasteiger partial charge in [0.1, 0.15) is 12.3 Å². The zero-order chi connectivity index (χ0) is 17.5. The van der Waals surface area contributed by atoms with Gasteiger partial charge in [-0.1, -0.05) is 12.1 Å². The molecular formula is C18H25N3O4. The van der Waals surface area contributed by atoms with E-state index in [1.165, 1.54) is 4.90 Å². The van der Waals surface area contributed by atoms with Crippen LogP contribution in [0.1, 0.15) is 12.8 Å². The maximum Gasteiger partial charge on any atom is 0.240 e. The highest BCUT2D eigenvalue weighted by molar-refractivity contribution is 6.00. The van der Waals surface area contributed by atoms with Gasteiger partial charge < -0.3 is 14.8 Å². The van der Waals surface area contributed by atoms with E-state index in [-0.39, 0.29) is 24.8 Å². The molecule has 0 spiro atoms. The standard InChI is InChI=1S/C18H25N3O4/c22-17(19-7-3-8-20-9-12-24-13-10-20)14-21-15-4-1-2-5-16(15)25-11-6-18(21)23/h1-2,4-5H,3,6-14H2,(H,19,22). The van der Waals surface area contributed by atoms with E-state index in [1.54, 1.807) is 0 Å². The highest BCUT2D eigenvalue weighted by atomic mass is 16.5. The Morgan fingerprint density at radius 1 is 1.16 bits per heavy atom. The monoisotopic (exact) mass is 347 g/mol. The maximum absolute atomic E-state index is 12.3. The van der Waals surface area contributed by atoms with Crippen LogP contribution in [0.5, 0.6) is 5.75 Å². The van der Waals surface area contributed by atoms with Crippen molar-refractivity contribution in [2.45, 2.75) is 12.8 Å². The molecule has 0 saturated carbocycles. The molecule has 136 valence electrons. The lowest BCUT2D eigenvalue weighted by Crippen LogP contribution is -2.42. The third-order valence-electron chi connectivity index (χ3n) is 4.41. The second kappa shape index (κ2) is 8.82. The van der Waals surface area contributed by atoms with Gasteiger partial charge in [-0.25, -0.2) is 0 Å². The summed E-state index contributed by atoms with van der Waals surface area (Å²) >= 11 is 0. The Labute approximate surface area is 147 Å². The first-order chi connectivity index (χ1) is 12.2. The van der Waals surface area contributed by atoms with Crippen molar-refractivity contribution in [3.05, 3.63) is 24.3 Å². The number of benzene rings is 1. The Morgan fingerprint density at radius 3 is 2.80 bits per heavy atom. The first-order valence-electron chi connectivity index (χ1n) is 8.83. The van der Waals surface area contributed by atoms with Crippen LogP contribution in [0.4, 0.5) is 5.69 Å². The third kappa shape index (κ3) is 4.93. The molecule has 1 fully saturated rings. The molecule has 25 heavy (non-hydrogen) atoms. The van der Waals surface area contributed by atoms with E-state index in [0.717, 1.165) is 39.3 Å². The molecule has 1 aromatic carbocycles. The van der Waals surface area contributed by atoms with Crippen LogP contribution >= 0.6 is 0 Å². The molecule has 1 N–H and O–H groups in total. The molecule has 1 saturated heterocycles. The zero-order valence-electron chi connectivity index (χ0n) is 14.4. The second-order valence-corrected chi connectivity index (χ2v) is 6.20. The van der Waals surface area contributed by atoms with Gasteiger partial charge in [0.05, 0.1) is 31.9 Å². The maximum atomic E-state index is 12.3. The quantitative estimate of drug-likeness (QED) is 0.765. The number of hydrogen-bond acceptors (Lipinski definition) is 5. The van der Waals surface area contributed by atoms with Crippen molar-refractivity contribution in [2.24, 2.45) is 0 Å². The lowest BCUT2D eigenvalue weighted by atomic mass is 10.2. The number of anilines is 1. The Morgan fingerprint density at radius 2 is 1.96 bits per heavy atom. The Hall–Kier alpha value is -2.12. The summed E-state index contributed by atoms with van der Waals surface area (Å²) < 4.78 is 10.9. The smallest absolute Gasteiger partial charge is 0.240 e. The van der Waals surface area contributed by atoms with Crippen LogP contribution in [0.2, 0.25) is 0 Å². The van der Waals surface area contributed by atoms with Gasteiger partial charge in [0.15, 0.2) is 0 Å². The van der Waals surface area contributed by atoms with E-state index >= 15 is 0 Å². The van der Waals surface area contributed by atoms with Crippen molar-refractivity contribution in [2.75, 3.05) is 57.4 Å². The second-order valence-electron chi connectivity index (χ2n) is 6.20. The lowest BCUT2D eigenvalue weighted by Gasteiger charge is -2.26. The van der Waals surface area contributed by atoms with Crippen LogP contribution in [-0.2, 0) is 14.3 Å². The molecule has 0 bridgehead atoms. The van der Waals surface area contributed by atoms with E-state index < -0.39 is 0 Å². The molecule has 7 nitrogen and oxygen atoms in total. The summed E-state index contributed by atoms with van der Waals surface area (Å²) in [7, 11) is 0. The molecule has 0 aliphatic carbocycles. The average molecular weight is 347 g/mol. The molecule has 0 aromatic heterocycles. The van der Waals surface area contributed by atoms with Crippen molar-refractivity contribution in [3.8, 4) is 5.75 Å². The number of fused-ring (bicyclic) bond motifs is 1. The van der Waals surface area contributed by atoms with Crippen LogP contribution in [0.15, 0.2) is 24.3 Å². The van der Waals surface area contributed by atoms with E-state index in [0.29, 0.717) is 24.6 Å². The normalized spacial score (nSPS) is 18.2. The van der Waals surface area contributed by atoms with Gasteiger partial charge in [-0.15, -0.1) is 0 Å². The molecule has 1 aromatic rings. The number of rotatable bonds is 6. The fourth-order valence-corrected chi connectivity index (χ4v) is 3.05. The van der Waals surface area contributed by atoms with Crippen molar-refractivity contribution in [3.63, 3.8) is 0 Å². The summed E-state index contributed by atoms with van der Waals surface area (Å²) in [6, 6.07) is 7.33. The first-order valence-corrected chi connectivity index (χ1v) is 8.83. The minimum Gasteiger partial charge on any atom is -0.491 e. The van der Waals surface area contributed by atoms with Crippen molar-refractivity contribution < 1.29 is 19.1 Å². The van der Waals surface area contributed by atoms with Crippen molar-refractivity contribution >= 4 is 17.5 Å². The number of morpholine rings is 1. The summed E-state index contributed by atoms with van der Waals surface area (Å²) in [5.41, 5.74) is 0.661. The van der Waals surface area contributed by atoms with Crippen LogP contribution in [-0.4, -0.2) is 69.3 Å². The minimum atomic E-state index is -0.146. The summed E-state index contributed by atoms with van der Waals surface area (Å²) in [5.74, 6) is 0.411. The fourth-order valence-electron chi connectivity index (χ4n) is 3.05. The largest absolute Gasteiger partial charge is 0.491 e. The molecule has 2 amide bonds. The topological polar surface area (TPSA) is 71.1 Å². The third-order valence-corrected chi connectivity index (χ3v) is 4.41. The molecule has 2 aliphatic heterocycles. The molecule has 7 heteroatoms. The summed E-state index contributed by atoms with van der Waals surface area (Å²) in [6.07, 6.45) is 1.17. The molecule has 2 heterocycles. The highest BCUT2D eigenvalue weighted by Crippen LogP contribution is 2.30. The lowest BCUT2D eigenvalue weighted by molar-refractivity contribution is -0.123. The van der Waals surface area contributed by atoms with Gasteiger partial charge in [0.25, 0.3) is 0 Å². The van der Waals surface area contributed by atoms with Gasteiger partial charge >= 0.3 is 0 Å². The molecule has 3 rings (SSSR count). The van der Waals surface area contributed by atoms with E-state index in [9.17, 15) is 9.59 Å². The predicted octanol–water partition coefficient (Wildman–Crippen LogP) is 0.641. The number of ether oxygens (including phenoxy) is 2. The fraction of sp³-hybridized carbons (Fsp3) is 0.556. The van der Waals surface area contributed by atoms with Gasteiger partial charge in [0.2, 0.25) is 11.8 Å². The van der Waals surface area contributed by atoms with Gasteiger partial charge in [-0.05, 0) is 25.1 Å². The van der Waals surface area contributed by atoms with E-state index in [4.69, 9.17) is 9.47 Å². The van der Waals surface area contributed by atoms with Crippen molar-refractivity contribution in [1.82, 2.24) is 10.2 Å². The van der Waals surface area contributed by atoms with Gasteiger partial charge in [-0.3, -0.25) is 19.4 Å². The van der Waals surface area contributed by atoms with Crippen LogP contribution in [0, 0.1) is 0 Å². The van der Waals surface area contributed by atoms with Crippen LogP contribution < -0.4 is 15.0 Å². The minimum absolute atomic E-state index is 0.0246. The number of amides is 2. The number of carbonyl (C=O) groups is 2. The zero-order valence-corrected chi connectivity index (χ0v) is 14.4. The summed E-state index contributed by atoms with van der Waals surface area (Å²) in [5, 5.41) is 2.91. The van der Waals surface area contributed by atoms with Crippen LogP contribution in [0.25, 0.3) is 0 Å².